The van der Waals surface area contributed by atoms with Gasteiger partial charge in [0.2, 0.25) is 5.95 Å². The highest BCUT2D eigenvalue weighted by molar-refractivity contribution is 9.10. The Morgan fingerprint density at radius 3 is 2.59 bits per heavy atom. The highest BCUT2D eigenvalue weighted by Gasteiger charge is 2.24. The van der Waals surface area contributed by atoms with Gasteiger partial charge in [0.15, 0.2) is 11.2 Å². The van der Waals surface area contributed by atoms with Crippen molar-refractivity contribution in [2.45, 2.75) is 52.9 Å². The molecule has 0 aliphatic carbocycles. The minimum atomic E-state index is -0.474. The smallest absolute Gasteiger partial charge is 0.332 e. The Hall–Kier alpha value is -2.63. The number of anilines is 1. The molecule has 0 spiro atoms. The van der Waals surface area contributed by atoms with E-state index in [2.05, 4.69) is 26.2 Å². The topological polar surface area (TPSA) is 113 Å². The van der Waals surface area contributed by atoms with Crippen LogP contribution in [0.15, 0.2) is 32.3 Å². The van der Waals surface area contributed by atoms with E-state index in [0.29, 0.717) is 37.0 Å². The van der Waals surface area contributed by atoms with Gasteiger partial charge in [0, 0.05) is 25.8 Å². The van der Waals surface area contributed by atoms with Crippen LogP contribution in [0, 0.1) is 0 Å². The van der Waals surface area contributed by atoms with Crippen LogP contribution in [0.25, 0.3) is 11.2 Å². The molecule has 0 radical (unpaired) electrons. The number of hydrogen-bond acceptors (Lipinski definition) is 7. The van der Waals surface area contributed by atoms with E-state index in [1.54, 1.807) is 14.0 Å². The van der Waals surface area contributed by atoms with Crippen molar-refractivity contribution in [3.63, 3.8) is 0 Å². The third-order valence-electron chi connectivity index (χ3n) is 5.87. The first-order valence-corrected chi connectivity index (χ1v) is 11.8. The zero-order valence-corrected chi connectivity index (χ0v) is 20.3. The SMILES string of the molecule is C.CCn1c(=O)c2c(nc(NC3CCOCC3)n2Cc2ccc(OC)c(Br)c2)n(CCO)c1=O. The van der Waals surface area contributed by atoms with Gasteiger partial charge in [-0.05, 0) is 53.4 Å². The van der Waals surface area contributed by atoms with Crippen molar-refractivity contribution in [3.05, 3.63) is 49.1 Å². The second-order valence-electron chi connectivity index (χ2n) is 7.90. The van der Waals surface area contributed by atoms with Crippen molar-refractivity contribution in [1.82, 2.24) is 18.7 Å². The molecule has 2 aromatic heterocycles. The summed E-state index contributed by atoms with van der Waals surface area (Å²) in [7, 11) is 1.60. The fraction of sp³-hybridized carbons (Fsp3) is 0.522. The minimum Gasteiger partial charge on any atom is -0.496 e. The zero-order valence-electron chi connectivity index (χ0n) is 18.7. The molecule has 0 saturated carbocycles. The van der Waals surface area contributed by atoms with Crippen LogP contribution < -0.4 is 21.3 Å². The molecule has 1 aliphatic heterocycles. The fourth-order valence-corrected chi connectivity index (χ4v) is 4.74. The predicted molar refractivity (Wildman–Crippen MR) is 135 cm³/mol. The Morgan fingerprint density at radius 1 is 1.24 bits per heavy atom. The van der Waals surface area contributed by atoms with Crippen LogP contribution in [-0.2, 0) is 24.4 Å². The standard InChI is InChI=1S/C22H28BrN5O5.CH4/c1-3-26-20(30)18-19(27(8-9-29)22(26)31)25-21(24-15-6-10-33-11-7-15)28(18)13-14-4-5-17(32-2)16(23)12-14;/h4-5,12,15,29H,3,6-11,13H2,1-2H3,(H,24,25);1H4. The van der Waals surface area contributed by atoms with E-state index in [1.165, 1.54) is 9.13 Å². The van der Waals surface area contributed by atoms with Crippen LogP contribution in [-0.4, -0.2) is 56.8 Å². The molecular weight excluding hydrogens is 506 g/mol. The van der Waals surface area contributed by atoms with Gasteiger partial charge in [-0.3, -0.25) is 18.5 Å². The van der Waals surface area contributed by atoms with Crippen molar-refractivity contribution in [3.8, 4) is 5.75 Å². The Labute approximate surface area is 206 Å². The second-order valence-corrected chi connectivity index (χ2v) is 8.76. The van der Waals surface area contributed by atoms with Gasteiger partial charge in [0.25, 0.3) is 5.56 Å². The lowest BCUT2D eigenvalue weighted by Crippen LogP contribution is -2.40. The Morgan fingerprint density at radius 2 is 1.97 bits per heavy atom. The summed E-state index contributed by atoms with van der Waals surface area (Å²) in [5.74, 6) is 1.22. The quantitative estimate of drug-likeness (QED) is 0.453. The second kappa shape index (κ2) is 11.2. The van der Waals surface area contributed by atoms with E-state index in [-0.39, 0.29) is 38.8 Å². The lowest BCUT2D eigenvalue weighted by atomic mass is 10.1. The van der Waals surface area contributed by atoms with Crippen LogP contribution >= 0.6 is 15.9 Å². The number of methoxy groups -OCH3 is 1. The first-order valence-electron chi connectivity index (χ1n) is 11.0. The maximum absolute atomic E-state index is 13.4. The predicted octanol–water partition coefficient (Wildman–Crippen LogP) is 2.42. The van der Waals surface area contributed by atoms with E-state index in [4.69, 9.17) is 9.47 Å². The Balaban J connectivity index is 0.00000324. The lowest BCUT2D eigenvalue weighted by molar-refractivity contribution is 0.0902. The highest BCUT2D eigenvalue weighted by Crippen LogP contribution is 2.27. The summed E-state index contributed by atoms with van der Waals surface area (Å²) < 4.78 is 16.0. The number of aliphatic hydroxyl groups is 1. The van der Waals surface area contributed by atoms with Crippen LogP contribution in [0.2, 0.25) is 0 Å². The van der Waals surface area contributed by atoms with Gasteiger partial charge in [-0.2, -0.15) is 4.98 Å². The summed E-state index contributed by atoms with van der Waals surface area (Å²) >= 11 is 3.52. The molecule has 1 fully saturated rings. The summed E-state index contributed by atoms with van der Waals surface area (Å²) in [5, 5.41) is 13.0. The molecule has 0 amide bonds. The molecule has 0 atom stereocenters. The number of rotatable bonds is 8. The van der Waals surface area contributed by atoms with Crippen LogP contribution in [0.5, 0.6) is 5.75 Å². The van der Waals surface area contributed by atoms with Gasteiger partial charge in [0.1, 0.15) is 5.75 Å². The summed E-state index contributed by atoms with van der Waals surface area (Å²) in [6, 6.07) is 5.86. The number of fused-ring (bicyclic) bond motifs is 1. The molecule has 1 aliphatic rings. The monoisotopic (exact) mass is 537 g/mol. The third kappa shape index (κ3) is 4.91. The third-order valence-corrected chi connectivity index (χ3v) is 6.49. The first kappa shape index (κ1) is 26.0. The molecule has 1 aromatic carbocycles. The molecule has 34 heavy (non-hydrogen) atoms. The molecular formula is C23H32BrN5O5. The normalized spacial score (nSPS) is 14.2. The summed E-state index contributed by atoms with van der Waals surface area (Å²) in [6.45, 7) is 3.46. The van der Waals surface area contributed by atoms with E-state index in [9.17, 15) is 14.7 Å². The molecule has 0 bridgehead atoms. The maximum atomic E-state index is 13.4. The highest BCUT2D eigenvalue weighted by atomic mass is 79.9. The van der Waals surface area contributed by atoms with Crippen molar-refractivity contribution in [2.75, 3.05) is 32.2 Å². The first-order chi connectivity index (χ1) is 16.0. The number of hydrogen-bond donors (Lipinski definition) is 2. The number of benzene rings is 1. The molecule has 3 aromatic rings. The van der Waals surface area contributed by atoms with E-state index < -0.39 is 11.2 Å². The summed E-state index contributed by atoms with van der Waals surface area (Å²) in [5.41, 5.74) is 0.655. The van der Waals surface area contributed by atoms with Gasteiger partial charge in [-0.1, -0.05) is 13.5 Å². The maximum Gasteiger partial charge on any atom is 0.332 e. The van der Waals surface area contributed by atoms with Crippen molar-refractivity contribution in [2.24, 2.45) is 0 Å². The Kier molecular flexibility index (Phi) is 8.56. The van der Waals surface area contributed by atoms with Crippen molar-refractivity contribution >= 4 is 33.0 Å². The average Bonchev–Trinajstić information content (AvgIpc) is 3.15. The number of imidazole rings is 1. The fourth-order valence-electron chi connectivity index (χ4n) is 4.15. The van der Waals surface area contributed by atoms with E-state index in [1.807, 2.05) is 22.8 Å². The molecule has 4 rings (SSSR count). The van der Waals surface area contributed by atoms with Gasteiger partial charge < -0.3 is 19.9 Å². The molecule has 2 N–H and O–H groups in total. The number of nitrogens with one attached hydrogen (secondary N) is 1. The molecule has 1 saturated heterocycles. The average molecular weight is 538 g/mol. The van der Waals surface area contributed by atoms with Crippen molar-refractivity contribution in [1.29, 1.82) is 0 Å². The molecule has 3 heterocycles. The van der Waals surface area contributed by atoms with Gasteiger partial charge >= 0.3 is 5.69 Å². The van der Waals surface area contributed by atoms with Crippen LogP contribution in [0.3, 0.4) is 0 Å². The number of halogens is 1. The summed E-state index contributed by atoms with van der Waals surface area (Å²) in [6.07, 6.45) is 1.64. The van der Waals surface area contributed by atoms with Crippen molar-refractivity contribution < 1.29 is 14.6 Å². The van der Waals surface area contributed by atoms with Crippen LogP contribution in [0.1, 0.15) is 32.8 Å². The number of ether oxygens (including phenoxy) is 2. The van der Waals surface area contributed by atoms with Gasteiger partial charge in [-0.15, -0.1) is 0 Å². The summed E-state index contributed by atoms with van der Waals surface area (Å²) in [4.78, 5) is 31.0. The number of nitrogens with zero attached hydrogens (tertiary/aromatic N) is 4. The minimum absolute atomic E-state index is 0. The Bertz CT molecular complexity index is 1260. The van der Waals surface area contributed by atoms with Gasteiger partial charge in [0.05, 0.1) is 31.3 Å². The largest absolute Gasteiger partial charge is 0.496 e. The van der Waals surface area contributed by atoms with Crippen LogP contribution in [0.4, 0.5) is 5.95 Å². The van der Waals surface area contributed by atoms with E-state index in [0.717, 1.165) is 22.9 Å². The lowest BCUT2D eigenvalue weighted by Gasteiger charge is -2.24. The van der Waals surface area contributed by atoms with Gasteiger partial charge in [-0.25, -0.2) is 4.79 Å². The molecule has 11 heteroatoms. The van der Waals surface area contributed by atoms with E-state index >= 15 is 0 Å². The molecule has 10 nitrogen and oxygen atoms in total. The zero-order chi connectivity index (χ0) is 23.5. The molecule has 0 unspecified atom stereocenters. The number of aliphatic hydroxyl groups excluding tert-OH is 1. The molecule has 186 valence electrons. The number of aromatic nitrogens is 4.